The molecule has 0 radical (unpaired) electrons. The first-order valence-electron chi connectivity index (χ1n) is 4.69. The van der Waals surface area contributed by atoms with E-state index in [-0.39, 0.29) is 11.3 Å². The molecule has 0 fully saturated rings. The van der Waals surface area contributed by atoms with E-state index in [0.717, 1.165) is 0 Å². The molecule has 1 aromatic carbocycles. The Kier molecular flexibility index (Phi) is 4.31. The van der Waals surface area contributed by atoms with Gasteiger partial charge in [-0.1, -0.05) is 0 Å². The Labute approximate surface area is 98.1 Å². The zero-order chi connectivity index (χ0) is 12.1. The van der Waals surface area contributed by atoms with E-state index >= 15 is 0 Å². The highest BCUT2D eigenvalue weighted by Crippen LogP contribution is 2.25. The molecular formula is C11H11ClO4. The molecule has 0 unspecified atom stereocenters. The smallest absolute Gasteiger partial charge is 0.308 e. The Morgan fingerprint density at radius 1 is 1.38 bits per heavy atom. The molecule has 0 spiro atoms. The zero-order valence-electron chi connectivity index (χ0n) is 8.95. The van der Waals surface area contributed by atoms with Gasteiger partial charge in [-0.15, -0.1) is 0 Å². The fraction of sp³-hybridized carbons (Fsp3) is 0.273. The van der Waals surface area contributed by atoms with E-state index in [1.807, 2.05) is 0 Å². The number of carbonyl (C=O) groups is 2. The van der Waals surface area contributed by atoms with Gasteiger partial charge in [0, 0.05) is 6.92 Å². The quantitative estimate of drug-likeness (QED) is 0.462. The predicted octanol–water partition coefficient (Wildman–Crippen LogP) is 2.39. The fourth-order valence-corrected chi connectivity index (χ4v) is 1.32. The summed E-state index contributed by atoms with van der Waals surface area (Å²) in [7, 11) is 0. The highest BCUT2D eigenvalue weighted by molar-refractivity contribution is 6.68. The number of rotatable bonds is 4. The molecule has 16 heavy (non-hydrogen) atoms. The average Bonchev–Trinajstić information content (AvgIpc) is 2.19. The van der Waals surface area contributed by atoms with Crippen LogP contribution in [0, 0.1) is 0 Å². The standard InChI is InChI=1S/C11H11ClO4/c1-3-15-10-5-4-8(16-7(2)13)6-9(10)11(12)14/h4-6H,3H2,1-2H3. The van der Waals surface area contributed by atoms with Crippen LogP contribution < -0.4 is 9.47 Å². The summed E-state index contributed by atoms with van der Waals surface area (Å²) in [6, 6.07) is 4.45. The lowest BCUT2D eigenvalue weighted by atomic mass is 10.2. The molecule has 86 valence electrons. The Hall–Kier alpha value is -1.55. The molecule has 0 heterocycles. The Balaban J connectivity index is 3.06. The Morgan fingerprint density at radius 3 is 2.56 bits per heavy atom. The maximum atomic E-state index is 11.1. The van der Waals surface area contributed by atoms with Gasteiger partial charge in [0.25, 0.3) is 5.24 Å². The van der Waals surface area contributed by atoms with Gasteiger partial charge in [0.05, 0.1) is 12.2 Å². The number of esters is 1. The number of hydrogen-bond acceptors (Lipinski definition) is 4. The van der Waals surface area contributed by atoms with Crippen molar-refractivity contribution in [1.82, 2.24) is 0 Å². The van der Waals surface area contributed by atoms with Gasteiger partial charge in [-0.3, -0.25) is 9.59 Å². The van der Waals surface area contributed by atoms with Crippen LogP contribution in [0.2, 0.25) is 0 Å². The number of hydrogen-bond donors (Lipinski definition) is 0. The molecule has 0 aliphatic heterocycles. The molecule has 0 aromatic heterocycles. The molecule has 0 bridgehead atoms. The van der Waals surface area contributed by atoms with Crippen LogP contribution in [0.1, 0.15) is 24.2 Å². The summed E-state index contributed by atoms with van der Waals surface area (Å²) in [5.74, 6) is 0.176. The topological polar surface area (TPSA) is 52.6 Å². The number of halogens is 1. The number of ether oxygens (including phenoxy) is 2. The summed E-state index contributed by atoms with van der Waals surface area (Å²) in [6.45, 7) is 3.49. The summed E-state index contributed by atoms with van der Waals surface area (Å²) < 4.78 is 10.0. The minimum atomic E-state index is -0.655. The predicted molar refractivity (Wildman–Crippen MR) is 59.1 cm³/mol. The molecule has 0 N–H and O–H groups in total. The van der Waals surface area contributed by atoms with Crippen LogP contribution >= 0.6 is 11.6 Å². The third-order valence-electron chi connectivity index (χ3n) is 1.72. The van der Waals surface area contributed by atoms with Gasteiger partial charge >= 0.3 is 5.97 Å². The van der Waals surface area contributed by atoms with Crippen LogP contribution in [0.3, 0.4) is 0 Å². The second-order valence-electron chi connectivity index (χ2n) is 2.96. The van der Waals surface area contributed by atoms with Crippen LogP contribution in [0.4, 0.5) is 0 Å². The van der Waals surface area contributed by atoms with E-state index in [1.54, 1.807) is 6.92 Å². The van der Waals surface area contributed by atoms with Crippen molar-refractivity contribution in [2.24, 2.45) is 0 Å². The van der Waals surface area contributed by atoms with E-state index < -0.39 is 11.2 Å². The van der Waals surface area contributed by atoms with Crippen molar-refractivity contribution in [2.45, 2.75) is 13.8 Å². The van der Waals surface area contributed by atoms with E-state index in [9.17, 15) is 9.59 Å². The number of carbonyl (C=O) groups excluding carboxylic acids is 2. The van der Waals surface area contributed by atoms with Gasteiger partial charge in [-0.05, 0) is 36.7 Å². The summed E-state index contributed by atoms with van der Waals surface area (Å²) >= 11 is 5.39. The molecule has 4 nitrogen and oxygen atoms in total. The van der Waals surface area contributed by atoms with Gasteiger partial charge in [-0.2, -0.15) is 0 Å². The highest BCUT2D eigenvalue weighted by atomic mass is 35.5. The molecule has 5 heteroatoms. The maximum absolute atomic E-state index is 11.1. The first-order valence-corrected chi connectivity index (χ1v) is 5.07. The lowest BCUT2D eigenvalue weighted by molar-refractivity contribution is -0.131. The monoisotopic (exact) mass is 242 g/mol. The van der Waals surface area contributed by atoms with Crippen LogP contribution in [0.15, 0.2) is 18.2 Å². The van der Waals surface area contributed by atoms with Crippen molar-refractivity contribution in [3.63, 3.8) is 0 Å². The molecule has 0 atom stereocenters. The molecule has 0 aliphatic carbocycles. The largest absolute Gasteiger partial charge is 0.493 e. The van der Waals surface area contributed by atoms with Crippen molar-refractivity contribution in [2.75, 3.05) is 6.61 Å². The van der Waals surface area contributed by atoms with Crippen LogP contribution in [-0.2, 0) is 4.79 Å². The summed E-state index contributed by atoms with van der Waals surface area (Å²) in [5, 5.41) is -0.655. The summed E-state index contributed by atoms with van der Waals surface area (Å²) in [5.41, 5.74) is 0.183. The molecule has 1 rings (SSSR count). The second kappa shape index (κ2) is 5.51. The lowest BCUT2D eigenvalue weighted by Gasteiger charge is -2.08. The average molecular weight is 243 g/mol. The SMILES string of the molecule is CCOc1ccc(OC(C)=O)cc1C(=O)Cl. The van der Waals surface area contributed by atoms with E-state index in [0.29, 0.717) is 12.4 Å². The van der Waals surface area contributed by atoms with Crippen molar-refractivity contribution < 1.29 is 19.1 Å². The van der Waals surface area contributed by atoms with Gasteiger partial charge in [0.1, 0.15) is 11.5 Å². The third kappa shape index (κ3) is 3.24. The minimum Gasteiger partial charge on any atom is -0.493 e. The van der Waals surface area contributed by atoms with Crippen molar-refractivity contribution in [3.05, 3.63) is 23.8 Å². The first kappa shape index (κ1) is 12.5. The molecule has 0 amide bonds. The highest BCUT2D eigenvalue weighted by Gasteiger charge is 2.12. The lowest BCUT2D eigenvalue weighted by Crippen LogP contribution is -2.04. The normalized spacial score (nSPS) is 9.69. The molecule has 1 aromatic rings. The van der Waals surface area contributed by atoms with Crippen molar-refractivity contribution in [1.29, 1.82) is 0 Å². The van der Waals surface area contributed by atoms with Gasteiger partial charge < -0.3 is 9.47 Å². The van der Waals surface area contributed by atoms with Gasteiger partial charge in [0.15, 0.2) is 0 Å². The number of benzene rings is 1. The van der Waals surface area contributed by atoms with Crippen LogP contribution in [0.5, 0.6) is 11.5 Å². The molecule has 0 saturated carbocycles. The van der Waals surface area contributed by atoms with Crippen LogP contribution in [-0.4, -0.2) is 17.8 Å². The Bertz CT molecular complexity index is 414. The zero-order valence-corrected chi connectivity index (χ0v) is 9.71. The Morgan fingerprint density at radius 2 is 2.06 bits per heavy atom. The van der Waals surface area contributed by atoms with E-state index in [4.69, 9.17) is 21.1 Å². The van der Waals surface area contributed by atoms with Crippen molar-refractivity contribution >= 4 is 22.8 Å². The molecule has 0 aliphatic rings. The summed E-state index contributed by atoms with van der Waals surface area (Å²) in [6.07, 6.45) is 0. The van der Waals surface area contributed by atoms with Gasteiger partial charge in [0.2, 0.25) is 0 Å². The molecular weight excluding hydrogens is 232 g/mol. The first-order chi connectivity index (χ1) is 7.54. The van der Waals surface area contributed by atoms with Crippen molar-refractivity contribution in [3.8, 4) is 11.5 Å². The third-order valence-corrected chi connectivity index (χ3v) is 1.93. The maximum Gasteiger partial charge on any atom is 0.308 e. The molecule has 0 saturated heterocycles. The fourth-order valence-electron chi connectivity index (χ4n) is 1.17. The second-order valence-corrected chi connectivity index (χ2v) is 3.30. The van der Waals surface area contributed by atoms with E-state index in [2.05, 4.69) is 0 Å². The van der Waals surface area contributed by atoms with Gasteiger partial charge in [-0.25, -0.2) is 0 Å². The van der Waals surface area contributed by atoms with Crippen LogP contribution in [0.25, 0.3) is 0 Å². The summed E-state index contributed by atoms with van der Waals surface area (Å²) in [4.78, 5) is 21.9. The van der Waals surface area contributed by atoms with E-state index in [1.165, 1.54) is 25.1 Å². The minimum absolute atomic E-state index is 0.183.